The Hall–Kier alpha value is -2.21. The number of nitrogens with zero attached hydrogens (tertiary/aromatic N) is 1. The first kappa shape index (κ1) is 15.8. The lowest BCUT2D eigenvalue weighted by molar-refractivity contribution is -0.133. The average Bonchev–Trinajstić information content (AvgIpc) is 2.48. The molecule has 0 heterocycles. The van der Waals surface area contributed by atoms with Crippen molar-refractivity contribution in [2.24, 2.45) is 5.16 Å². The van der Waals surface area contributed by atoms with E-state index in [-0.39, 0.29) is 6.42 Å². The molecule has 0 aromatic heterocycles. The molecule has 1 aromatic rings. The summed E-state index contributed by atoms with van der Waals surface area (Å²) in [4.78, 5) is 22.7. The molecule has 6 nitrogen and oxygen atoms in total. The summed E-state index contributed by atoms with van der Waals surface area (Å²) in [6, 6.07) is 9.65. The lowest BCUT2D eigenvalue weighted by Crippen LogP contribution is -2.25. The summed E-state index contributed by atoms with van der Waals surface area (Å²) in [7, 11) is 1.11. The molecule has 1 aromatic carbocycles. The third-order valence-electron chi connectivity index (χ3n) is 2.55. The van der Waals surface area contributed by atoms with Crippen molar-refractivity contribution in [3.63, 3.8) is 0 Å². The second-order valence-electron chi connectivity index (χ2n) is 4.01. The van der Waals surface area contributed by atoms with Crippen LogP contribution >= 0.6 is 0 Å². The van der Waals surface area contributed by atoms with E-state index in [9.17, 15) is 9.59 Å². The Balaban J connectivity index is 2.24. The van der Waals surface area contributed by atoms with E-state index in [4.69, 9.17) is 9.94 Å². The monoisotopic (exact) mass is 279 g/mol. The van der Waals surface area contributed by atoms with Gasteiger partial charge in [0.05, 0.1) is 13.7 Å². The molecule has 0 spiro atoms. The minimum absolute atomic E-state index is 0.0588. The van der Waals surface area contributed by atoms with Crippen LogP contribution in [0.15, 0.2) is 35.5 Å². The van der Waals surface area contributed by atoms with Gasteiger partial charge in [-0.15, -0.1) is 0 Å². The van der Waals surface area contributed by atoms with Gasteiger partial charge in [0.2, 0.25) is 5.71 Å². The highest BCUT2D eigenvalue weighted by Gasteiger charge is 2.21. The van der Waals surface area contributed by atoms with Crippen molar-refractivity contribution in [3.8, 4) is 0 Å². The van der Waals surface area contributed by atoms with Crippen LogP contribution in [0.2, 0.25) is 0 Å². The SMILES string of the molecule is COC(=O)C(=NO)C(=O)CCCOCc1ccccc1. The number of oxime groups is 1. The van der Waals surface area contributed by atoms with Gasteiger partial charge < -0.3 is 14.7 Å². The summed E-state index contributed by atoms with van der Waals surface area (Å²) in [5.41, 5.74) is 0.460. The van der Waals surface area contributed by atoms with Crippen molar-refractivity contribution >= 4 is 17.5 Å². The summed E-state index contributed by atoms with van der Waals surface area (Å²) in [6.45, 7) is 0.841. The van der Waals surface area contributed by atoms with E-state index < -0.39 is 17.5 Å². The number of hydrogen-bond acceptors (Lipinski definition) is 6. The summed E-state index contributed by atoms with van der Waals surface area (Å²) in [6.07, 6.45) is 0.491. The third-order valence-corrected chi connectivity index (χ3v) is 2.55. The number of esters is 1. The van der Waals surface area contributed by atoms with Crippen molar-refractivity contribution < 1.29 is 24.3 Å². The second kappa shape index (κ2) is 8.82. The van der Waals surface area contributed by atoms with Gasteiger partial charge in [-0.1, -0.05) is 35.5 Å². The number of carbonyl (C=O) groups excluding carboxylic acids is 2. The number of ketones is 1. The maximum atomic E-state index is 11.6. The number of rotatable bonds is 8. The highest BCUT2D eigenvalue weighted by Crippen LogP contribution is 2.02. The van der Waals surface area contributed by atoms with E-state index in [0.717, 1.165) is 12.7 Å². The normalized spacial score (nSPS) is 11.2. The lowest BCUT2D eigenvalue weighted by atomic mass is 10.1. The average molecular weight is 279 g/mol. The molecule has 0 saturated heterocycles. The molecule has 20 heavy (non-hydrogen) atoms. The number of ether oxygens (including phenoxy) is 2. The van der Waals surface area contributed by atoms with E-state index in [1.54, 1.807) is 0 Å². The fourth-order valence-corrected chi connectivity index (χ4v) is 1.52. The van der Waals surface area contributed by atoms with Gasteiger partial charge in [0, 0.05) is 13.0 Å². The molecule has 0 aliphatic heterocycles. The highest BCUT2D eigenvalue weighted by atomic mass is 16.5. The Morgan fingerprint density at radius 3 is 2.55 bits per heavy atom. The fraction of sp³-hybridized carbons (Fsp3) is 0.357. The van der Waals surface area contributed by atoms with Crippen molar-refractivity contribution in [2.45, 2.75) is 19.4 Å². The zero-order valence-corrected chi connectivity index (χ0v) is 11.2. The Bertz CT molecular complexity index is 470. The van der Waals surface area contributed by atoms with Gasteiger partial charge in [0.15, 0.2) is 5.78 Å². The largest absolute Gasteiger partial charge is 0.464 e. The van der Waals surface area contributed by atoms with Gasteiger partial charge in [-0.3, -0.25) is 4.79 Å². The number of Topliss-reactive ketones (excluding diaryl/α,β-unsaturated/α-hetero) is 1. The molecular formula is C14H17NO5. The van der Waals surface area contributed by atoms with Gasteiger partial charge in [-0.2, -0.15) is 0 Å². The van der Waals surface area contributed by atoms with Crippen LogP contribution in [0.5, 0.6) is 0 Å². The zero-order valence-electron chi connectivity index (χ0n) is 11.2. The van der Waals surface area contributed by atoms with E-state index >= 15 is 0 Å². The Morgan fingerprint density at radius 2 is 1.95 bits per heavy atom. The van der Waals surface area contributed by atoms with Gasteiger partial charge in [0.1, 0.15) is 0 Å². The molecule has 0 fully saturated rings. The highest BCUT2D eigenvalue weighted by molar-refractivity contribution is 6.64. The van der Waals surface area contributed by atoms with Crippen LogP contribution in [0.4, 0.5) is 0 Å². The summed E-state index contributed by atoms with van der Waals surface area (Å²) >= 11 is 0. The van der Waals surface area contributed by atoms with Crippen molar-refractivity contribution in [3.05, 3.63) is 35.9 Å². The summed E-state index contributed by atoms with van der Waals surface area (Å²) in [5, 5.41) is 11.2. The fourth-order valence-electron chi connectivity index (χ4n) is 1.52. The van der Waals surface area contributed by atoms with Crippen LogP contribution in [0, 0.1) is 0 Å². The lowest BCUT2D eigenvalue weighted by Gasteiger charge is -2.04. The van der Waals surface area contributed by atoms with E-state index in [2.05, 4.69) is 9.89 Å². The van der Waals surface area contributed by atoms with Gasteiger partial charge in [0.25, 0.3) is 0 Å². The van der Waals surface area contributed by atoms with Crippen molar-refractivity contribution in [2.75, 3.05) is 13.7 Å². The predicted molar refractivity (Wildman–Crippen MR) is 71.6 cm³/mol. The minimum atomic E-state index is -0.942. The molecule has 1 N–H and O–H groups in total. The standard InChI is InChI=1S/C14H17NO5/c1-19-14(17)13(15-18)12(16)8-5-9-20-10-11-6-3-2-4-7-11/h2-4,6-7,18H,5,8-10H2,1H3. The summed E-state index contributed by atoms with van der Waals surface area (Å²) < 4.78 is 9.73. The summed E-state index contributed by atoms with van der Waals surface area (Å²) in [5.74, 6) is -1.51. The quantitative estimate of drug-likeness (QED) is 0.195. The first-order valence-electron chi connectivity index (χ1n) is 6.14. The van der Waals surface area contributed by atoms with E-state index in [1.165, 1.54) is 0 Å². The van der Waals surface area contributed by atoms with Crippen LogP contribution < -0.4 is 0 Å². The van der Waals surface area contributed by atoms with Gasteiger partial charge >= 0.3 is 5.97 Å². The number of methoxy groups -OCH3 is 1. The zero-order chi connectivity index (χ0) is 14.8. The Morgan fingerprint density at radius 1 is 1.25 bits per heavy atom. The molecule has 0 amide bonds. The second-order valence-corrected chi connectivity index (χ2v) is 4.01. The van der Waals surface area contributed by atoms with Crippen LogP contribution in [0.3, 0.4) is 0 Å². The van der Waals surface area contributed by atoms with Crippen LogP contribution in [0.25, 0.3) is 0 Å². The molecule has 0 bridgehead atoms. The molecular weight excluding hydrogens is 262 g/mol. The van der Waals surface area contributed by atoms with Crippen molar-refractivity contribution in [1.29, 1.82) is 0 Å². The molecule has 0 radical (unpaired) electrons. The van der Waals surface area contributed by atoms with Crippen molar-refractivity contribution in [1.82, 2.24) is 0 Å². The molecule has 0 saturated carbocycles. The minimum Gasteiger partial charge on any atom is -0.464 e. The molecule has 1 rings (SSSR count). The van der Waals surface area contributed by atoms with Crippen LogP contribution in [-0.4, -0.2) is 36.4 Å². The predicted octanol–water partition coefficient (Wildman–Crippen LogP) is 1.56. The smallest absolute Gasteiger partial charge is 0.363 e. The molecule has 0 atom stereocenters. The van der Waals surface area contributed by atoms with Crippen LogP contribution in [-0.2, 0) is 25.7 Å². The molecule has 108 valence electrons. The molecule has 0 unspecified atom stereocenters. The van der Waals surface area contributed by atoms with Crippen LogP contribution in [0.1, 0.15) is 18.4 Å². The van der Waals surface area contributed by atoms with E-state index in [0.29, 0.717) is 19.6 Å². The Labute approximate surface area is 117 Å². The number of hydrogen-bond donors (Lipinski definition) is 1. The molecule has 0 aliphatic rings. The first-order valence-corrected chi connectivity index (χ1v) is 6.14. The van der Waals surface area contributed by atoms with E-state index in [1.807, 2.05) is 30.3 Å². The molecule has 0 aliphatic carbocycles. The maximum Gasteiger partial charge on any atom is 0.363 e. The van der Waals surface area contributed by atoms with Gasteiger partial charge in [-0.05, 0) is 12.0 Å². The first-order chi connectivity index (χ1) is 9.69. The Kier molecular flexibility index (Phi) is 6.99. The third kappa shape index (κ3) is 5.19. The van der Waals surface area contributed by atoms with Gasteiger partial charge in [-0.25, -0.2) is 4.79 Å². The maximum absolute atomic E-state index is 11.6. The molecule has 6 heteroatoms. The topological polar surface area (TPSA) is 85.2 Å². The number of benzene rings is 1. The number of carbonyl (C=O) groups is 2.